The number of pyridine rings is 1. The number of benzene rings is 2. The maximum absolute atomic E-state index is 12.4. The minimum absolute atomic E-state index is 0.00271. The van der Waals surface area contributed by atoms with Gasteiger partial charge in [-0.05, 0) is 52.9 Å². The fourth-order valence-electron chi connectivity index (χ4n) is 2.51. The molecule has 0 spiro atoms. The van der Waals surface area contributed by atoms with Gasteiger partial charge in [-0.3, -0.25) is 4.79 Å². The standard InChI is InChI=1S/C19H19NO2/c1-19(2,3)13-6-9-16-15(10-13)18(22)11-17(20-16)12-4-7-14(21)8-5-12/h4-11,21H,1-3H3,(H,20,22). The molecule has 0 unspecified atom stereocenters. The van der Waals surface area contributed by atoms with E-state index < -0.39 is 0 Å². The van der Waals surface area contributed by atoms with Crippen molar-refractivity contribution in [1.82, 2.24) is 4.98 Å². The maximum atomic E-state index is 12.4. The Labute approximate surface area is 129 Å². The number of H-pyrrole nitrogens is 1. The second kappa shape index (κ2) is 5.02. The van der Waals surface area contributed by atoms with E-state index in [1.165, 1.54) is 0 Å². The van der Waals surface area contributed by atoms with Gasteiger partial charge in [0.05, 0.1) is 0 Å². The van der Waals surface area contributed by atoms with E-state index in [1.807, 2.05) is 12.1 Å². The summed E-state index contributed by atoms with van der Waals surface area (Å²) in [5.74, 6) is 0.210. The Bertz CT molecular complexity index is 884. The van der Waals surface area contributed by atoms with Crippen molar-refractivity contribution in [2.45, 2.75) is 26.2 Å². The third-order valence-corrected chi connectivity index (χ3v) is 3.87. The number of phenolic OH excluding ortho intramolecular Hbond substituents is 1. The molecule has 0 aliphatic rings. The molecule has 0 aliphatic heterocycles. The number of hydrogen-bond acceptors (Lipinski definition) is 2. The Morgan fingerprint density at radius 3 is 2.27 bits per heavy atom. The lowest BCUT2D eigenvalue weighted by Gasteiger charge is -2.19. The zero-order chi connectivity index (χ0) is 15.9. The lowest BCUT2D eigenvalue weighted by Crippen LogP contribution is -2.12. The number of aromatic hydroxyl groups is 1. The van der Waals surface area contributed by atoms with Crippen LogP contribution < -0.4 is 5.43 Å². The summed E-state index contributed by atoms with van der Waals surface area (Å²) in [6, 6.07) is 14.4. The van der Waals surface area contributed by atoms with Crippen molar-refractivity contribution in [1.29, 1.82) is 0 Å². The first-order chi connectivity index (χ1) is 10.3. The van der Waals surface area contributed by atoms with Crippen LogP contribution in [0.3, 0.4) is 0 Å². The molecule has 0 bridgehead atoms. The SMILES string of the molecule is CC(C)(C)c1ccc2[nH]c(-c3ccc(O)cc3)cc(=O)c2c1. The number of rotatable bonds is 1. The molecular weight excluding hydrogens is 274 g/mol. The second-order valence-corrected chi connectivity index (χ2v) is 6.60. The van der Waals surface area contributed by atoms with E-state index in [0.29, 0.717) is 5.39 Å². The maximum Gasteiger partial charge on any atom is 0.190 e. The first kappa shape index (κ1) is 14.4. The quantitative estimate of drug-likeness (QED) is 0.706. The van der Waals surface area contributed by atoms with E-state index in [2.05, 4.69) is 31.8 Å². The monoisotopic (exact) mass is 293 g/mol. The summed E-state index contributed by atoms with van der Waals surface area (Å²) in [6.45, 7) is 6.40. The van der Waals surface area contributed by atoms with Crippen LogP contribution >= 0.6 is 0 Å². The Balaban J connectivity index is 2.18. The summed E-state index contributed by atoms with van der Waals surface area (Å²) in [5.41, 5.74) is 3.60. The zero-order valence-corrected chi connectivity index (χ0v) is 13.0. The van der Waals surface area contributed by atoms with Gasteiger partial charge in [-0.25, -0.2) is 0 Å². The van der Waals surface area contributed by atoms with Gasteiger partial charge in [-0.1, -0.05) is 26.8 Å². The van der Waals surface area contributed by atoms with Crippen LogP contribution in [0.4, 0.5) is 0 Å². The van der Waals surface area contributed by atoms with Crippen molar-refractivity contribution in [3.8, 4) is 17.0 Å². The third-order valence-electron chi connectivity index (χ3n) is 3.87. The van der Waals surface area contributed by atoms with E-state index in [9.17, 15) is 9.90 Å². The molecule has 2 aromatic carbocycles. The van der Waals surface area contributed by atoms with Crippen LogP contribution in [0, 0.1) is 0 Å². The molecule has 0 fully saturated rings. The summed E-state index contributed by atoms with van der Waals surface area (Å²) in [7, 11) is 0. The van der Waals surface area contributed by atoms with Gasteiger partial charge < -0.3 is 10.1 Å². The summed E-state index contributed by atoms with van der Waals surface area (Å²) in [4.78, 5) is 15.8. The van der Waals surface area contributed by atoms with Crippen LogP contribution in [-0.4, -0.2) is 10.1 Å². The van der Waals surface area contributed by atoms with E-state index in [0.717, 1.165) is 22.3 Å². The summed E-state index contributed by atoms with van der Waals surface area (Å²) in [6.07, 6.45) is 0. The average molecular weight is 293 g/mol. The van der Waals surface area contributed by atoms with Gasteiger partial charge in [0, 0.05) is 22.7 Å². The van der Waals surface area contributed by atoms with Gasteiger partial charge >= 0.3 is 0 Å². The number of aromatic nitrogens is 1. The van der Waals surface area contributed by atoms with Crippen molar-refractivity contribution in [2.24, 2.45) is 0 Å². The van der Waals surface area contributed by atoms with Gasteiger partial charge in [0.15, 0.2) is 5.43 Å². The number of aromatic amines is 1. The summed E-state index contributed by atoms with van der Waals surface area (Å²) in [5, 5.41) is 10.1. The highest BCUT2D eigenvalue weighted by molar-refractivity contribution is 5.82. The molecule has 0 amide bonds. The predicted molar refractivity (Wildman–Crippen MR) is 90.4 cm³/mol. The fourth-order valence-corrected chi connectivity index (χ4v) is 2.51. The number of hydrogen-bond donors (Lipinski definition) is 2. The van der Waals surface area contributed by atoms with E-state index in [-0.39, 0.29) is 16.6 Å². The Morgan fingerprint density at radius 2 is 1.64 bits per heavy atom. The smallest absolute Gasteiger partial charge is 0.190 e. The van der Waals surface area contributed by atoms with Crippen molar-refractivity contribution in [2.75, 3.05) is 0 Å². The highest BCUT2D eigenvalue weighted by Gasteiger charge is 2.15. The molecule has 3 rings (SSSR count). The molecule has 1 heterocycles. The molecule has 3 nitrogen and oxygen atoms in total. The van der Waals surface area contributed by atoms with Crippen LogP contribution in [0.15, 0.2) is 53.3 Å². The molecule has 3 heteroatoms. The van der Waals surface area contributed by atoms with E-state index in [1.54, 1.807) is 30.3 Å². The Hall–Kier alpha value is -2.55. The largest absolute Gasteiger partial charge is 0.508 e. The molecule has 0 saturated heterocycles. The topological polar surface area (TPSA) is 53.1 Å². The molecule has 3 aromatic rings. The van der Waals surface area contributed by atoms with E-state index >= 15 is 0 Å². The minimum Gasteiger partial charge on any atom is -0.508 e. The van der Waals surface area contributed by atoms with Crippen molar-refractivity contribution in [3.63, 3.8) is 0 Å². The van der Waals surface area contributed by atoms with Crippen molar-refractivity contribution >= 4 is 10.9 Å². The summed E-state index contributed by atoms with van der Waals surface area (Å²) < 4.78 is 0. The lowest BCUT2D eigenvalue weighted by molar-refractivity contribution is 0.475. The first-order valence-corrected chi connectivity index (χ1v) is 7.31. The van der Waals surface area contributed by atoms with Crippen LogP contribution in [0.25, 0.3) is 22.2 Å². The first-order valence-electron chi connectivity index (χ1n) is 7.31. The predicted octanol–water partition coefficient (Wildman–Crippen LogP) is 4.20. The number of nitrogens with one attached hydrogen (secondary N) is 1. The average Bonchev–Trinajstić information content (AvgIpc) is 2.46. The zero-order valence-electron chi connectivity index (χ0n) is 13.0. The minimum atomic E-state index is 0.00271. The molecular formula is C19H19NO2. The lowest BCUT2D eigenvalue weighted by atomic mass is 9.86. The Morgan fingerprint density at radius 1 is 0.955 bits per heavy atom. The van der Waals surface area contributed by atoms with Gasteiger partial charge in [0.25, 0.3) is 0 Å². The fraction of sp³-hybridized carbons (Fsp3) is 0.211. The Kier molecular flexibility index (Phi) is 3.28. The number of phenols is 1. The van der Waals surface area contributed by atoms with E-state index in [4.69, 9.17) is 0 Å². The molecule has 2 N–H and O–H groups in total. The normalized spacial score (nSPS) is 11.8. The van der Waals surface area contributed by atoms with Gasteiger partial charge in [0.1, 0.15) is 5.75 Å². The molecule has 1 aromatic heterocycles. The van der Waals surface area contributed by atoms with Crippen LogP contribution in [0.2, 0.25) is 0 Å². The highest BCUT2D eigenvalue weighted by atomic mass is 16.3. The second-order valence-electron chi connectivity index (χ2n) is 6.60. The van der Waals surface area contributed by atoms with Gasteiger partial charge in [-0.2, -0.15) is 0 Å². The molecule has 22 heavy (non-hydrogen) atoms. The molecule has 112 valence electrons. The van der Waals surface area contributed by atoms with Gasteiger partial charge in [-0.15, -0.1) is 0 Å². The van der Waals surface area contributed by atoms with Crippen molar-refractivity contribution < 1.29 is 5.11 Å². The molecule has 0 radical (unpaired) electrons. The van der Waals surface area contributed by atoms with Crippen LogP contribution in [-0.2, 0) is 5.41 Å². The molecule has 0 saturated carbocycles. The van der Waals surface area contributed by atoms with Crippen LogP contribution in [0.5, 0.6) is 5.75 Å². The number of fused-ring (bicyclic) bond motifs is 1. The molecule has 0 atom stereocenters. The van der Waals surface area contributed by atoms with Gasteiger partial charge in [0.2, 0.25) is 0 Å². The summed E-state index contributed by atoms with van der Waals surface area (Å²) >= 11 is 0. The molecule has 0 aliphatic carbocycles. The van der Waals surface area contributed by atoms with Crippen LogP contribution in [0.1, 0.15) is 26.3 Å². The van der Waals surface area contributed by atoms with Crippen molar-refractivity contribution in [3.05, 3.63) is 64.3 Å². The highest BCUT2D eigenvalue weighted by Crippen LogP contribution is 2.26. The third kappa shape index (κ3) is 2.62.